The van der Waals surface area contributed by atoms with Gasteiger partial charge in [0.1, 0.15) is 12.0 Å². The molecule has 118 valence electrons. The highest BCUT2D eigenvalue weighted by molar-refractivity contribution is 5.96. The normalized spacial score (nSPS) is 16.6. The van der Waals surface area contributed by atoms with Gasteiger partial charge in [0.25, 0.3) is 5.91 Å². The van der Waals surface area contributed by atoms with Crippen LogP contribution >= 0.6 is 0 Å². The molecule has 0 saturated heterocycles. The van der Waals surface area contributed by atoms with Crippen LogP contribution in [-0.4, -0.2) is 24.8 Å². The number of carbonyl (C=O) groups excluding carboxylic acids is 2. The average Bonchev–Trinajstić information content (AvgIpc) is 2.60. The number of aldehydes is 1. The second-order valence-electron chi connectivity index (χ2n) is 5.76. The second-order valence-corrected chi connectivity index (χ2v) is 5.76. The summed E-state index contributed by atoms with van der Waals surface area (Å²) in [6.07, 6.45) is 2.73. The zero-order valence-electron chi connectivity index (χ0n) is 13.1. The molecule has 1 atom stereocenters. The fourth-order valence-corrected chi connectivity index (χ4v) is 2.93. The van der Waals surface area contributed by atoms with Crippen LogP contribution in [0.2, 0.25) is 0 Å². The van der Waals surface area contributed by atoms with Crippen LogP contribution in [0.25, 0.3) is 0 Å². The lowest BCUT2D eigenvalue weighted by molar-refractivity contribution is -0.121. The van der Waals surface area contributed by atoms with Gasteiger partial charge in [-0.2, -0.15) is 0 Å². The standard InChI is InChI=1S/C19H19NO3/c1-14-6-9-16-4-2-3-5-18(16)20(14)19(22)13-23-17-10-7-15(12-21)8-11-17/h2-5,7-8,10-12,14H,6,9,13H2,1H3. The molecule has 4 nitrogen and oxygen atoms in total. The van der Waals surface area contributed by atoms with Gasteiger partial charge in [0, 0.05) is 17.3 Å². The largest absolute Gasteiger partial charge is 0.484 e. The Hall–Kier alpha value is -2.62. The first-order valence-corrected chi connectivity index (χ1v) is 7.77. The van der Waals surface area contributed by atoms with Crippen LogP contribution in [0.1, 0.15) is 29.3 Å². The second kappa shape index (κ2) is 6.65. The van der Waals surface area contributed by atoms with Crippen LogP contribution in [0.4, 0.5) is 5.69 Å². The van der Waals surface area contributed by atoms with Gasteiger partial charge in [-0.25, -0.2) is 0 Å². The summed E-state index contributed by atoms with van der Waals surface area (Å²) in [7, 11) is 0. The molecule has 0 N–H and O–H groups in total. The maximum Gasteiger partial charge on any atom is 0.265 e. The quantitative estimate of drug-likeness (QED) is 0.815. The van der Waals surface area contributed by atoms with E-state index in [9.17, 15) is 9.59 Å². The molecule has 23 heavy (non-hydrogen) atoms. The first-order valence-electron chi connectivity index (χ1n) is 7.77. The van der Waals surface area contributed by atoms with Gasteiger partial charge in [-0.05, 0) is 55.7 Å². The van der Waals surface area contributed by atoms with Crippen molar-refractivity contribution in [3.8, 4) is 5.75 Å². The Morgan fingerprint density at radius 3 is 2.70 bits per heavy atom. The number of fused-ring (bicyclic) bond motifs is 1. The highest BCUT2D eigenvalue weighted by atomic mass is 16.5. The van der Waals surface area contributed by atoms with E-state index < -0.39 is 0 Å². The minimum absolute atomic E-state index is 0.0148. The summed E-state index contributed by atoms with van der Waals surface area (Å²) >= 11 is 0. The maximum atomic E-state index is 12.6. The average molecular weight is 309 g/mol. The number of anilines is 1. The summed E-state index contributed by atoms with van der Waals surface area (Å²) in [5.41, 5.74) is 2.77. The highest BCUT2D eigenvalue weighted by Gasteiger charge is 2.28. The lowest BCUT2D eigenvalue weighted by atomic mass is 9.96. The Kier molecular flexibility index (Phi) is 4.42. The predicted octanol–water partition coefficient (Wildman–Crippen LogP) is 3.25. The molecule has 3 rings (SSSR count). The molecule has 0 bridgehead atoms. The third-order valence-corrected chi connectivity index (χ3v) is 4.17. The molecule has 2 aromatic rings. The van der Waals surface area contributed by atoms with Gasteiger partial charge in [-0.15, -0.1) is 0 Å². The molecule has 0 aromatic heterocycles. The van der Waals surface area contributed by atoms with E-state index in [0.717, 1.165) is 24.8 Å². The number of aryl methyl sites for hydroxylation is 1. The fourth-order valence-electron chi connectivity index (χ4n) is 2.93. The SMILES string of the molecule is CC1CCc2ccccc2N1C(=O)COc1ccc(C=O)cc1. The van der Waals surface area contributed by atoms with Crippen molar-refractivity contribution in [2.75, 3.05) is 11.5 Å². The first kappa shape index (κ1) is 15.3. The summed E-state index contributed by atoms with van der Waals surface area (Å²) in [5.74, 6) is 0.533. The maximum absolute atomic E-state index is 12.6. The lowest BCUT2D eigenvalue weighted by Gasteiger charge is -2.35. The first-order chi connectivity index (χ1) is 11.2. The molecule has 4 heteroatoms. The molecule has 0 spiro atoms. The Balaban J connectivity index is 1.71. The van der Waals surface area contributed by atoms with E-state index in [1.807, 2.05) is 23.1 Å². The van der Waals surface area contributed by atoms with E-state index in [2.05, 4.69) is 13.0 Å². The van der Waals surface area contributed by atoms with Crippen molar-refractivity contribution in [1.29, 1.82) is 0 Å². The van der Waals surface area contributed by atoms with Crippen LogP contribution < -0.4 is 9.64 Å². The number of nitrogens with zero attached hydrogens (tertiary/aromatic N) is 1. The number of ether oxygens (including phenoxy) is 1. The number of hydrogen-bond acceptors (Lipinski definition) is 3. The summed E-state index contributed by atoms with van der Waals surface area (Å²) in [4.78, 5) is 25.1. The topological polar surface area (TPSA) is 46.6 Å². The highest BCUT2D eigenvalue weighted by Crippen LogP contribution is 2.30. The van der Waals surface area contributed by atoms with Gasteiger partial charge >= 0.3 is 0 Å². The summed E-state index contributed by atoms with van der Waals surface area (Å²) < 4.78 is 5.58. The molecular formula is C19H19NO3. The van der Waals surface area contributed by atoms with Gasteiger partial charge in [-0.1, -0.05) is 18.2 Å². The van der Waals surface area contributed by atoms with Crippen LogP contribution in [0.3, 0.4) is 0 Å². The van der Waals surface area contributed by atoms with Crippen molar-refractivity contribution in [3.63, 3.8) is 0 Å². The van der Waals surface area contributed by atoms with E-state index in [-0.39, 0.29) is 18.6 Å². The number of amides is 1. The molecule has 1 aliphatic rings. The van der Waals surface area contributed by atoms with Crippen LogP contribution in [0.15, 0.2) is 48.5 Å². The van der Waals surface area contributed by atoms with Crippen LogP contribution in [0.5, 0.6) is 5.75 Å². The molecule has 0 radical (unpaired) electrons. The number of para-hydroxylation sites is 1. The Labute approximate surface area is 135 Å². The van der Waals surface area contributed by atoms with Gasteiger partial charge in [0.2, 0.25) is 0 Å². The fraction of sp³-hybridized carbons (Fsp3) is 0.263. The number of rotatable bonds is 4. The van der Waals surface area contributed by atoms with Crippen molar-refractivity contribution in [2.45, 2.75) is 25.8 Å². The predicted molar refractivity (Wildman–Crippen MR) is 89.0 cm³/mol. The molecule has 0 saturated carbocycles. The Morgan fingerprint density at radius 2 is 1.96 bits per heavy atom. The van der Waals surface area contributed by atoms with Gasteiger partial charge < -0.3 is 9.64 Å². The number of carbonyl (C=O) groups is 2. The summed E-state index contributed by atoms with van der Waals surface area (Å²) in [6, 6.07) is 14.9. The molecular weight excluding hydrogens is 290 g/mol. The van der Waals surface area contributed by atoms with Crippen molar-refractivity contribution in [1.82, 2.24) is 0 Å². The van der Waals surface area contributed by atoms with Gasteiger partial charge in [0.05, 0.1) is 0 Å². The Bertz CT molecular complexity index is 709. The van der Waals surface area contributed by atoms with Crippen molar-refractivity contribution in [2.24, 2.45) is 0 Å². The van der Waals surface area contributed by atoms with Crippen molar-refractivity contribution >= 4 is 17.9 Å². The van der Waals surface area contributed by atoms with Crippen molar-refractivity contribution in [3.05, 3.63) is 59.7 Å². The van der Waals surface area contributed by atoms with Crippen molar-refractivity contribution < 1.29 is 14.3 Å². The van der Waals surface area contributed by atoms with Crippen LogP contribution in [0, 0.1) is 0 Å². The Morgan fingerprint density at radius 1 is 1.22 bits per heavy atom. The van der Waals surface area contributed by atoms with E-state index in [0.29, 0.717) is 11.3 Å². The molecule has 0 fully saturated rings. The zero-order chi connectivity index (χ0) is 16.2. The monoisotopic (exact) mass is 309 g/mol. The zero-order valence-corrected chi connectivity index (χ0v) is 13.1. The van der Waals surface area contributed by atoms with E-state index in [1.54, 1.807) is 24.3 Å². The molecule has 1 unspecified atom stereocenters. The lowest BCUT2D eigenvalue weighted by Crippen LogP contribution is -2.44. The van der Waals surface area contributed by atoms with E-state index in [4.69, 9.17) is 4.74 Å². The third kappa shape index (κ3) is 3.26. The molecule has 1 aliphatic heterocycles. The third-order valence-electron chi connectivity index (χ3n) is 4.17. The molecule has 2 aromatic carbocycles. The number of benzene rings is 2. The molecule has 0 aliphatic carbocycles. The minimum Gasteiger partial charge on any atom is -0.484 e. The van der Waals surface area contributed by atoms with E-state index in [1.165, 1.54) is 5.56 Å². The minimum atomic E-state index is -0.0517. The van der Waals surface area contributed by atoms with E-state index >= 15 is 0 Å². The summed E-state index contributed by atoms with van der Waals surface area (Å²) in [6.45, 7) is 2.05. The van der Waals surface area contributed by atoms with Gasteiger partial charge in [0.15, 0.2) is 6.61 Å². The molecule has 1 heterocycles. The van der Waals surface area contributed by atoms with Gasteiger partial charge in [-0.3, -0.25) is 9.59 Å². The molecule has 1 amide bonds. The van der Waals surface area contributed by atoms with Crippen LogP contribution in [-0.2, 0) is 11.2 Å². The summed E-state index contributed by atoms with van der Waals surface area (Å²) in [5, 5.41) is 0. The number of hydrogen-bond donors (Lipinski definition) is 0. The smallest absolute Gasteiger partial charge is 0.265 e.